The molecule has 0 radical (unpaired) electrons. The maximum atomic E-state index is 5.68. The first-order valence-electron chi connectivity index (χ1n) is 10.1. The van der Waals surface area contributed by atoms with Gasteiger partial charge in [-0.3, -0.25) is 4.99 Å². The summed E-state index contributed by atoms with van der Waals surface area (Å²) in [6.07, 6.45) is 8.80. The summed E-state index contributed by atoms with van der Waals surface area (Å²) in [7, 11) is 0. The van der Waals surface area contributed by atoms with Crippen LogP contribution < -0.4 is 10.6 Å². The van der Waals surface area contributed by atoms with Crippen molar-refractivity contribution in [1.82, 2.24) is 10.6 Å². The topological polar surface area (TPSA) is 68.0 Å². The van der Waals surface area contributed by atoms with Gasteiger partial charge >= 0.3 is 0 Å². The Morgan fingerprint density at radius 2 is 2.15 bits per heavy atom. The molecule has 0 aromatic carbocycles. The number of ether oxygens (including phenoxy) is 2. The lowest BCUT2D eigenvalue weighted by atomic mass is 9.95. The number of hydrogen-bond donors (Lipinski definition) is 2. The van der Waals surface area contributed by atoms with Gasteiger partial charge in [0.1, 0.15) is 5.76 Å². The van der Waals surface area contributed by atoms with E-state index < -0.39 is 5.79 Å². The summed E-state index contributed by atoms with van der Waals surface area (Å²) in [5.74, 6) is 3.17. The Hall–Kier alpha value is -1.53. The van der Waals surface area contributed by atoms with E-state index in [1.54, 1.807) is 6.26 Å². The first-order valence-corrected chi connectivity index (χ1v) is 10.1. The van der Waals surface area contributed by atoms with Crippen LogP contribution in [0.4, 0.5) is 0 Å². The first kappa shape index (κ1) is 17.9. The van der Waals surface area contributed by atoms with Crippen molar-refractivity contribution in [2.24, 2.45) is 16.8 Å². The highest BCUT2D eigenvalue weighted by Crippen LogP contribution is 2.44. The van der Waals surface area contributed by atoms with Crippen LogP contribution in [0.2, 0.25) is 0 Å². The van der Waals surface area contributed by atoms with Gasteiger partial charge in [0.05, 0.1) is 19.5 Å². The molecule has 1 aromatic heterocycles. The van der Waals surface area contributed by atoms with Gasteiger partial charge in [-0.15, -0.1) is 0 Å². The van der Waals surface area contributed by atoms with E-state index in [2.05, 4.69) is 10.6 Å². The number of hydrogen-bond acceptors (Lipinski definition) is 4. The Morgan fingerprint density at radius 1 is 1.27 bits per heavy atom. The average molecular weight is 361 g/mol. The first-order chi connectivity index (χ1) is 12.7. The van der Waals surface area contributed by atoms with Crippen molar-refractivity contribution in [3.05, 3.63) is 24.2 Å². The van der Waals surface area contributed by atoms with Crippen molar-refractivity contribution < 1.29 is 13.9 Å². The zero-order valence-electron chi connectivity index (χ0n) is 15.7. The van der Waals surface area contributed by atoms with Gasteiger partial charge in [-0.1, -0.05) is 6.42 Å². The molecule has 0 spiro atoms. The second-order valence-electron chi connectivity index (χ2n) is 7.99. The predicted octanol–water partition coefficient (Wildman–Crippen LogP) is 2.70. The van der Waals surface area contributed by atoms with E-state index in [9.17, 15) is 0 Å². The van der Waals surface area contributed by atoms with Crippen molar-refractivity contribution in [3.63, 3.8) is 0 Å². The van der Waals surface area contributed by atoms with E-state index in [1.807, 2.05) is 19.1 Å². The monoisotopic (exact) mass is 361 g/mol. The lowest BCUT2D eigenvalue weighted by Crippen LogP contribution is -2.46. The molecule has 3 unspecified atom stereocenters. The fourth-order valence-electron chi connectivity index (χ4n) is 4.58. The molecular weight excluding hydrogens is 330 g/mol. The maximum Gasteiger partial charge on any atom is 0.191 e. The van der Waals surface area contributed by atoms with Crippen LogP contribution in [0.5, 0.6) is 0 Å². The van der Waals surface area contributed by atoms with E-state index in [0.717, 1.165) is 42.9 Å². The number of fused-ring (bicyclic) bond motifs is 2. The third-order valence-electron chi connectivity index (χ3n) is 6.04. The molecule has 144 valence electrons. The van der Waals surface area contributed by atoms with Gasteiger partial charge in [-0.05, 0) is 50.2 Å². The molecule has 1 saturated heterocycles. The summed E-state index contributed by atoms with van der Waals surface area (Å²) >= 11 is 0. The molecule has 2 bridgehead atoms. The van der Waals surface area contributed by atoms with Gasteiger partial charge in [-0.2, -0.15) is 0 Å². The molecule has 2 saturated carbocycles. The molecule has 2 aliphatic carbocycles. The number of guanidine groups is 1. The third kappa shape index (κ3) is 4.41. The second kappa shape index (κ2) is 8.01. The molecule has 2 heterocycles. The number of rotatable bonds is 7. The van der Waals surface area contributed by atoms with E-state index in [0.29, 0.717) is 25.8 Å². The van der Waals surface area contributed by atoms with Gasteiger partial charge in [0, 0.05) is 32.0 Å². The lowest BCUT2D eigenvalue weighted by molar-refractivity contribution is -0.144. The highest BCUT2D eigenvalue weighted by molar-refractivity contribution is 5.80. The van der Waals surface area contributed by atoms with Crippen molar-refractivity contribution in [2.75, 3.05) is 26.3 Å². The van der Waals surface area contributed by atoms with E-state index >= 15 is 0 Å². The standard InChI is InChI=1S/C20H31N3O3/c1-20(25-11-12-26-20)7-9-22-19(21-8-6-17-3-2-10-24-17)23-18-14-15-4-5-16(18)13-15/h2-3,10,15-16,18H,4-9,11-14H2,1H3,(H2,21,22,23). The van der Waals surface area contributed by atoms with Crippen molar-refractivity contribution in [3.8, 4) is 0 Å². The Morgan fingerprint density at radius 3 is 2.85 bits per heavy atom. The molecule has 4 rings (SSSR count). The van der Waals surface area contributed by atoms with Crippen LogP contribution in [0.25, 0.3) is 0 Å². The smallest absolute Gasteiger partial charge is 0.191 e. The quantitative estimate of drug-likeness (QED) is 0.577. The molecule has 2 N–H and O–H groups in total. The fraction of sp³-hybridized carbons (Fsp3) is 0.750. The van der Waals surface area contributed by atoms with Crippen molar-refractivity contribution in [1.29, 1.82) is 0 Å². The van der Waals surface area contributed by atoms with E-state index in [4.69, 9.17) is 18.9 Å². The Labute approximate surface area is 155 Å². The minimum absolute atomic E-state index is 0.477. The molecule has 3 aliphatic rings. The predicted molar refractivity (Wildman–Crippen MR) is 100 cm³/mol. The van der Waals surface area contributed by atoms with Crippen molar-refractivity contribution in [2.45, 2.75) is 57.3 Å². The van der Waals surface area contributed by atoms with Crippen LogP contribution in [0.1, 0.15) is 44.8 Å². The molecule has 6 heteroatoms. The number of aliphatic imine (C=N–C) groups is 1. The second-order valence-corrected chi connectivity index (χ2v) is 7.99. The summed E-state index contributed by atoms with van der Waals surface area (Å²) in [6.45, 7) is 4.86. The molecule has 3 atom stereocenters. The number of nitrogens with one attached hydrogen (secondary N) is 2. The van der Waals surface area contributed by atoms with E-state index in [-0.39, 0.29) is 0 Å². The summed E-state index contributed by atoms with van der Waals surface area (Å²) < 4.78 is 16.8. The molecule has 1 aromatic rings. The molecule has 26 heavy (non-hydrogen) atoms. The molecular formula is C20H31N3O3. The SMILES string of the molecule is CC1(CCN=C(NCCc2ccco2)NC2CC3CCC2C3)OCCO1. The van der Waals surface area contributed by atoms with Gasteiger partial charge in [0.25, 0.3) is 0 Å². The van der Waals surface area contributed by atoms with Gasteiger partial charge in [-0.25, -0.2) is 0 Å². The Bertz CT molecular complexity index is 595. The highest BCUT2D eigenvalue weighted by Gasteiger charge is 2.39. The van der Waals surface area contributed by atoms with Gasteiger partial charge in [0.2, 0.25) is 0 Å². The third-order valence-corrected chi connectivity index (χ3v) is 6.04. The number of furan rings is 1. The zero-order valence-corrected chi connectivity index (χ0v) is 15.7. The molecule has 6 nitrogen and oxygen atoms in total. The summed E-state index contributed by atoms with van der Waals surface area (Å²) in [5.41, 5.74) is 0. The molecule has 1 aliphatic heterocycles. The van der Waals surface area contributed by atoms with Crippen LogP contribution >= 0.6 is 0 Å². The van der Waals surface area contributed by atoms with Crippen LogP contribution in [-0.4, -0.2) is 44.1 Å². The summed E-state index contributed by atoms with van der Waals surface area (Å²) in [4.78, 5) is 4.80. The normalized spacial score (nSPS) is 30.0. The van der Waals surface area contributed by atoms with Crippen LogP contribution in [0.15, 0.2) is 27.8 Å². The van der Waals surface area contributed by atoms with Crippen LogP contribution in [0, 0.1) is 11.8 Å². The maximum absolute atomic E-state index is 5.68. The van der Waals surface area contributed by atoms with Gasteiger partial charge < -0.3 is 24.5 Å². The van der Waals surface area contributed by atoms with Crippen molar-refractivity contribution >= 4 is 5.96 Å². The fourth-order valence-corrected chi connectivity index (χ4v) is 4.58. The summed E-state index contributed by atoms with van der Waals surface area (Å²) in [5, 5.41) is 7.17. The minimum Gasteiger partial charge on any atom is -0.469 e. The summed E-state index contributed by atoms with van der Waals surface area (Å²) in [6, 6.07) is 4.51. The highest BCUT2D eigenvalue weighted by atomic mass is 16.7. The van der Waals surface area contributed by atoms with Crippen LogP contribution in [-0.2, 0) is 15.9 Å². The zero-order chi connectivity index (χ0) is 17.8. The largest absolute Gasteiger partial charge is 0.469 e. The van der Waals surface area contributed by atoms with Gasteiger partial charge in [0.15, 0.2) is 11.7 Å². The minimum atomic E-state index is -0.477. The van der Waals surface area contributed by atoms with E-state index in [1.165, 1.54) is 25.7 Å². The van der Waals surface area contributed by atoms with Crippen LogP contribution in [0.3, 0.4) is 0 Å². The lowest BCUT2D eigenvalue weighted by Gasteiger charge is -2.26. The molecule has 3 fully saturated rings. The Kier molecular flexibility index (Phi) is 5.50. The molecule has 0 amide bonds. The Balaban J connectivity index is 1.31. The average Bonchev–Trinajstić information content (AvgIpc) is 3.40. The number of nitrogens with zero attached hydrogens (tertiary/aromatic N) is 1.